The molecule has 0 radical (unpaired) electrons. The van der Waals surface area contributed by atoms with Crippen molar-refractivity contribution in [3.05, 3.63) is 0 Å². The maximum atomic E-state index is 12.5. The third-order valence-electron chi connectivity index (χ3n) is 3.41. The monoisotopic (exact) mass is 714 g/mol. The van der Waals surface area contributed by atoms with E-state index in [0.29, 0.717) is 0 Å². The van der Waals surface area contributed by atoms with Crippen molar-refractivity contribution in [2.45, 2.75) is 132 Å². The van der Waals surface area contributed by atoms with E-state index in [4.69, 9.17) is 29.1 Å². The molecule has 0 heterocycles. The number of alkyl halides is 2. The van der Waals surface area contributed by atoms with Crippen LogP contribution < -0.4 is 0 Å². The molecule has 6 N–H and O–H groups in total. The molecule has 0 spiro atoms. The molecule has 0 atom stereocenters. The average Bonchev–Trinajstić information content (AvgIpc) is 2.51. The molecule has 20 heteroatoms. The second-order valence-corrected chi connectivity index (χ2v) is 18.5. The summed E-state index contributed by atoms with van der Waals surface area (Å²) in [6.45, 7) is 22.9. The zero-order valence-corrected chi connectivity index (χ0v) is 30.6. The van der Waals surface area contributed by atoms with E-state index in [9.17, 15) is 39.8 Å². The van der Waals surface area contributed by atoms with E-state index in [1.165, 1.54) is 62.3 Å². The van der Waals surface area contributed by atoms with Gasteiger partial charge in [-0.15, -0.1) is 0 Å². The van der Waals surface area contributed by atoms with Crippen LogP contribution in [0.1, 0.15) is 110 Å². The number of phosphoric acid groups is 1. The van der Waals surface area contributed by atoms with Crippen LogP contribution in [-0.2, 0) is 43.4 Å². The summed E-state index contributed by atoms with van der Waals surface area (Å²) >= 11 is 0. The number of phosphoric ester groups is 1. The maximum absolute atomic E-state index is 12.5. The highest BCUT2D eigenvalue weighted by molar-refractivity contribution is 7.87. The van der Waals surface area contributed by atoms with Gasteiger partial charge in [0.2, 0.25) is 0 Å². The highest BCUT2D eigenvalue weighted by Crippen LogP contribution is 2.40. The molecular formula is C24H53F2O15PS2. The van der Waals surface area contributed by atoms with E-state index in [0.717, 1.165) is 0 Å². The minimum atomic E-state index is -4.29. The number of hydrogen-bond donors (Lipinski definition) is 6. The fourth-order valence-electron chi connectivity index (χ4n) is 1.45. The Kier molecular flexibility index (Phi) is 21.5. The van der Waals surface area contributed by atoms with Crippen molar-refractivity contribution in [3.63, 3.8) is 0 Å². The van der Waals surface area contributed by atoms with Gasteiger partial charge in [0, 0.05) is 5.41 Å². The van der Waals surface area contributed by atoms with Gasteiger partial charge in [0.1, 0.15) is 0 Å². The maximum Gasteiger partial charge on any atom is 0.470 e. The van der Waals surface area contributed by atoms with Gasteiger partial charge < -0.3 is 20.0 Å². The van der Waals surface area contributed by atoms with Gasteiger partial charge in [-0.05, 0) is 67.7 Å². The molecular weight excluding hydrogens is 661 g/mol. The molecule has 0 amide bonds. The molecule has 0 unspecified atom stereocenters. The van der Waals surface area contributed by atoms with Gasteiger partial charge in [0.15, 0.2) is 0 Å². The molecule has 0 aromatic rings. The van der Waals surface area contributed by atoms with Crippen LogP contribution in [0, 0.1) is 10.8 Å². The van der Waals surface area contributed by atoms with Crippen molar-refractivity contribution >= 4 is 40.3 Å². The van der Waals surface area contributed by atoms with Crippen LogP contribution in [0.5, 0.6) is 0 Å². The molecule has 0 aliphatic rings. The zero-order valence-electron chi connectivity index (χ0n) is 28.1. The van der Waals surface area contributed by atoms with Crippen molar-refractivity contribution in [1.82, 2.24) is 0 Å². The number of hydrogen-bond acceptors (Lipinski definition) is 9. The lowest BCUT2D eigenvalue weighted by Crippen LogP contribution is -2.41. The first-order valence-electron chi connectivity index (χ1n) is 12.5. The first-order chi connectivity index (χ1) is 18.3. The highest BCUT2D eigenvalue weighted by Gasteiger charge is 2.50. The summed E-state index contributed by atoms with van der Waals surface area (Å²) in [5, 5.41) is 16.3. The highest BCUT2D eigenvalue weighted by atomic mass is 32.3. The van der Waals surface area contributed by atoms with Crippen molar-refractivity contribution in [2.24, 2.45) is 10.8 Å². The molecule has 270 valence electrons. The Balaban J connectivity index is -0.000000144. The Labute approximate surface area is 260 Å². The number of carboxylic acids is 2. The lowest BCUT2D eigenvalue weighted by molar-refractivity contribution is -0.181. The van der Waals surface area contributed by atoms with E-state index in [1.54, 1.807) is 20.8 Å². The lowest BCUT2D eigenvalue weighted by Gasteiger charge is -2.25. The van der Waals surface area contributed by atoms with Crippen molar-refractivity contribution in [3.8, 4) is 0 Å². The second kappa shape index (κ2) is 18.1. The molecule has 0 aliphatic heterocycles. The summed E-state index contributed by atoms with van der Waals surface area (Å²) in [6, 6.07) is 0. The Hall–Kier alpha value is -1.31. The second-order valence-electron chi connectivity index (χ2n) is 14.2. The van der Waals surface area contributed by atoms with Crippen LogP contribution in [0.2, 0.25) is 0 Å². The standard InChI is InChI=1S/C6H10F2O2.C6H12O2.C4H11O4P.C4H10O4S.C4H10O3S/c1-5(2,3)6(7,8)4(9)10;1-6(2,3)4-5(7)8;2*1-4(2,3)8-9(5,6)7;1-4(2,3)8(5,6)7/h1-3H3,(H,9,10);4H2,1-3H3,(H,7,8);1-3H3,(H2,5,6,7);1-3H3,(H,5,6,7);1-3H3,(H,5,6,7). The first kappa shape index (κ1) is 52.2. The molecule has 15 nitrogen and oxygen atoms in total. The summed E-state index contributed by atoms with van der Waals surface area (Å²) < 4.78 is 99.2. The molecule has 0 aliphatic carbocycles. The molecule has 0 saturated heterocycles. The zero-order chi connectivity index (χ0) is 37.8. The van der Waals surface area contributed by atoms with Gasteiger partial charge >= 0.3 is 36.1 Å². The normalized spacial score (nSPS) is 13.3. The van der Waals surface area contributed by atoms with Gasteiger partial charge in [-0.2, -0.15) is 25.6 Å². The van der Waals surface area contributed by atoms with E-state index in [-0.39, 0.29) is 11.8 Å². The molecule has 0 saturated carbocycles. The van der Waals surface area contributed by atoms with Gasteiger partial charge in [-0.25, -0.2) is 13.5 Å². The van der Waals surface area contributed by atoms with Crippen LogP contribution in [0.4, 0.5) is 8.78 Å². The number of carboxylic acid groups (broad SMARTS) is 2. The van der Waals surface area contributed by atoms with Gasteiger partial charge in [-0.1, -0.05) is 41.5 Å². The number of aliphatic carboxylic acids is 2. The van der Waals surface area contributed by atoms with Crippen molar-refractivity contribution < 1.29 is 77.6 Å². The number of halogens is 2. The third kappa shape index (κ3) is 40.7. The summed E-state index contributed by atoms with van der Waals surface area (Å²) in [5.74, 6) is -6.44. The number of rotatable bonds is 4. The summed E-state index contributed by atoms with van der Waals surface area (Å²) in [6.07, 6.45) is 0.243. The molecule has 0 bridgehead atoms. The van der Waals surface area contributed by atoms with Crippen molar-refractivity contribution in [2.75, 3.05) is 0 Å². The Morgan fingerprint density at radius 2 is 1.00 bits per heavy atom. The van der Waals surface area contributed by atoms with Crippen molar-refractivity contribution in [1.29, 1.82) is 0 Å². The van der Waals surface area contributed by atoms with Gasteiger partial charge in [-0.3, -0.25) is 18.4 Å². The Morgan fingerprint density at radius 3 is 1.00 bits per heavy atom. The van der Waals surface area contributed by atoms with Crippen LogP contribution in [0.3, 0.4) is 0 Å². The van der Waals surface area contributed by atoms with Crippen LogP contribution >= 0.6 is 7.82 Å². The molecule has 0 fully saturated rings. The largest absolute Gasteiger partial charge is 0.481 e. The predicted octanol–water partition coefficient (Wildman–Crippen LogP) is 5.43. The predicted molar refractivity (Wildman–Crippen MR) is 160 cm³/mol. The van der Waals surface area contributed by atoms with E-state index < -0.39 is 67.6 Å². The van der Waals surface area contributed by atoms with Gasteiger partial charge in [0.05, 0.1) is 22.4 Å². The van der Waals surface area contributed by atoms with E-state index in [2.05, 4.69) is 8.71 Å². The average molecular weight is 715 g/mol. The molecule has 0 rings (SSSR count). The molecule has 44 heavy (non-hydrogen) atoms. The van der Waals surface area contributed by atoms with Crippen LogP contribution in [-0.4, -0.2) is 79.8 Å². The minimum Gasteiger partial charge on any atom is -0.481 e. The van der Waals surface area contributed by atoms with E-state index in [1.807, 2.05) is 20.8 Å². The molecule has 0 aromatic carbocycles. The smallest absolute Gasteiger partial charge is 0.470 e. The lowest BCUT2D eigenvalue weighted by atomic mass is 9.88. The quantitative estimate of drug-likeness (QED) is 0.157. The fourth-order valence-corrected chi connectivity index (χ4v) is 2.79. The van der Waals surface area contributed by atoms with Crippen LogP contribution in [0.15, 0.2) is 0 Å². The van der Waals surface area contributed by atoms with Crippen LogP contribution in [0.25, 0.3) is 0 Å². The SMILES string of the molecule is CC(C)(C)C(F)(F)C(=O)O.CC(C)(C)CC(=O)O.CC(C)(C)OP(=O)(O)O.CC(C)(C)OS(=O)(=O)O.CC(C)(C)S(=O)(=O)O. The van der Waals surface area contributed by atoms with E-state index >= 15 is 0 Å². The summed E-state index contributed by atoms with van der Waals surface area (Å²) in [7, 11) is -12.4. The first-order valence-corrected chi connectivity index (χ1v) is 16.9. The summed E-state index contributed by atoms with van der Waals surface area (Å²) in [4.78, 5) is 36.4. The topological polar surface area (TPSA) is 259 Å². The fraction of sp³-hybridized carbons (Fsp3) is 0.917. The minimum absolute atomic E-state index is 0.0775. The number of carbonyl (C=O) groups is 2. The third-order valence-corrected chi connectivity index (χ3v) is 6.46. The Bertz CT molecular complexity index is 1130. The Morgan fingerprint density at radius 1 is 0.705 bits per heavy atom. The molecule has 0 aromatic heterocycles. The summed E-state index contributed by atoms with van der Waals surface area (Å²) in [5.41, 5.74) is -3.22. The van der Waals surface area contributed by atoms with Gasteiger partial charge in [0.25, 0.3) is 10.1 Å².